The van der Waals surface area contributed by atoms with Crippen LogP contribution in [0, 0.1) is 13.8 Å². The predicted molar refractivity (Wildman–Crippen MR) is 95.4 cm³/mol. The lowest BCUT2D eigenvalue weighted by Gasteiger charge is -2.18. The van der Waals surface area contributed by atoms with Crippen LogP contribution in [-0.4, -0.2) is 6.54 Å². The Morgan fingerprint density at radius 2 is 1.55 bits per heavy atom. The Bertz CT molecular complexity index is 763. The molecule has 0 aliphatic rings. The molecule has 0 amide bonds. The standard InChI is InChI=1S/C21H23N/c1-15-10-16(2)12-19(11-15)20(14-22)13-18-8-5-7-17-6-3-4-9-21(17)18/h3-12,20H,13-14,22H2,1-2H3. The summed E-state index contributed by atoms with van der Waals surface area (Å²) in [5.74, 6) is 0.365. The lowest BCUT2D eigenvalue weighted by atomic mass is 9.88. The summed E-state index contributed by atoms with van der Waals surface area (Å²) in [4.78, 5) is 0. The third kappa shape index (κ3) is 3.05. The van der Waals surface area contributed by atoms with Crippen molar-refractivity contribution in [1.29, 1.82) is 0 Å². The third-order valence-electron chi connectivity index (χ3n) is 4.35. The average Bonchev–Trinajstić information content (AvgIpc) is 2.51. The van der Waals surface area contributed by atoms with Gasteiger partial charge in [0.15, 0.2) is 0 Å². The minimum Gasteiger partial charge on any atom is -0.330 e. The summed E-state index contributed by atoms with van der Waals surface area (Å²) >= 11 is 0. The minimum atomic E-state index is 0.365. The van der Waals surface area contributed by atoms with E-state index in [1.54, 1.807) is 0 Å². The Kier molecular flexibility index (Phi) is 4.26. The second-order valence-corrected chi connectivity index (χ2v) is 6.20. The molecule has 3 rings (SSSR count). The topological polar surface area (TPSA) is 26.0 Å². The van der Waals surface area contributed by atoms with E-state index < -0.39 is 0 Å². The zero-order chi connectivity index (χ0) is 15.5. The summed E-state index contributed by atoms with van der Waals surface area (Å²) in [5.41, 5.74) is 11.5. The maximum absolute atomic E-state index is 6.10. The molecular weight excluding hydrogens is 266 g/mol. The second-order valence-electron chi connectivity index (χ2n) is 6.20. The fourth-order valence-corrected chi connectivity index (χ4v) is 3.32. The van der Waals surface area contributed by atoms with Crippen molar-refractivity contribution in [2.75, 3.05) is 6.54 Å². The van der Waals surface area contributed by atoms with Crippen LogP contribution in [0.3, 0.4) is 0 Å². The zero-order valence-electron chi connectivity index (χ0n) is 13.3. The maximum Gasteiger partial charge on any atom is 0.000199 e. The fourth-order valence-electron chi connectivity index (χ4n) is 3.32. The van der Waals surface area contributed by atoms with Gasteiger partial charge >= 0.3 is 0 Å². The highest BCUT2D eigenvalue weighted by atomic mass is 14.5. The van der Waals surface area contributed by atoms with Crippen LogP contribution in [0.5, 0.6) is 0 Å². The Balaban J connectivity index is 1.98. The van der Waals surface area contributed by atoms with Gasteiger partial charge in [-0.1, -0.05) is 71.8 Å². The van der Waals surface area contributed by atoms with Crippen molar-refractivity contribution in [1.82, 2.24) is 0 Å². The van der Waals surface area contributed by atoms with E-state index in [1.807, 2.05) is 0 Å². The van der Waals surface area contributed by atoms with Gasteiger partial charge in [0, 0.05) is 5.92 Å². The van der Waals surface area contributed by atoms with Gasteiger partial charge in [0.1, 0.15) is 0 Å². The molecule has 1 unspecified atom stereocenters. The highest BCUT2D eigenvalue weighted by Gasteiger charge is 2.13. The highest BCUT2D eigenvalue weighted by molar-refractivity contribution is 5.85. The molecule has 0 saturated carbocycles. The Labute approximate surface area is 132 Å². The van der Waals surface area contributed by atoms with E-state index in [-0.39, 0.29) is 0 Å². The number of fused-ring (bicyclic) bond motifs is 1. The molecule has 0 aromatic heterocycles. The minimum absolute atomic E-state index is 0.365. The highest BCUT2D eigenvalue weighted by Crippen LogP contribution is 2.26. The molecule has 112 valence electrons. The van der Waals surface area contributed by atoms with Crippen LogP contribution in [0.25, 0.3) is 10.8 Å². The van der Waals surface area contributed by atoms with Gasteiger partial charge in [0.2, 0.25) is 0 Å². The lowest BCUT2D eigenvalue weighted by Crippen LogP contribution is -2.15. The first-order valence-electron chi connectivity index (χ1n) is 7.92. The first kappa shape index (κ1) is 14.8. The van der Waals surface area contributed by atoms with Crippen LogP contribution in [0.4, 0.5) is 0 Å². The Hall–Kier alpha value is -2.12. The van der Waals surface area contributed by atoms with Gasteiger partial charge in [-0.25, -0.2) is 0 Å². The van der Waals surface area contributed by atoms with Crippen molar-refractivity contribution in [3.05, 3.63) is 82.9 Å². The summed E-state index contributed by atoms with van der Waals surface area (Å²) in [6.45, 7) is 4.98. The number of hydrogen-bond donors (Lipinski definition) is 1. The van der Waals surface area contributed by atoms with E-state index in [4.69, 9.17) is 5.73 Å². The molecule has 1 nitrogen and oxygen atoms in total. The van der Waals surface area contributed by atoms with E-state index >= 15 is 0 Å². The number of nitrogens with two attached hydrogens (primary N) is 1. The summed E-state index contributed by atoms with van der Waals surface area (Å²) < 4.78 is 0. The van der Waals surface area contributed by atoms with Gasteiger partial charge in [-0.3, -0.25) is 0 Å². The first-order chi connectivity index (χ1) is 10.7. The summed E-state index contributed by atoms with van der Waals surface area (Å²) in [7, 11) is 0. The largest absolute Gasteiger partial charge is 0.330 e. The third-order valence-corrected chi connectivity index (χ3v) is 4.35. The molecule has 22 heavy (non-hydrogen) atoms. The molecule has 0 fully saturated rings. The molecule has 1 atom stereocenters. The monoisotopic (exact) mass is 289 g/mol. The van der Waals surface area contributed by atoms with Crippen molar-refractivity contribution in [2.24, 2.45) is 5.73 Å². The molecule has 0 heterocycles. The fraction of sp³-hybridized carbons (Fsp3) is 0.238. The van der Waals surface area contributed by atoms with E-state index in [2.05, 4.69) is 74.5 Å². The van der Waals surface area contributed by atoms with Crippen LogP contribution >= 0.6 is 0 Å². The first-order valence-corrected chi connectivity index (χ1v) is 7.92. The van der Waals surface area contributed by atoms with Gasteiger partial charge in [-0.05, 0) is 48.7 Å². The second kappa shape index (κ2) is 6.33. The van der Waals surface area contributed by atoms with Gasteiger partial charge < -0.3 is 5.73 Å². The smallest absolute Gasteiger partial charge is 0.000199 e. The molecular formula is C21H23N. The molecule has 0 bridgehead atoms. The van der Waals surface area contributed by atoms with Crippen molar-refractivity contribution in [2.45, 2.75) is 26.2 Å². The molecule has 3 aromatic carbocycles. The van der Waals surface area contributed by atoms with Crippen molar-refractivity contribution in [3.63, 3.8) is 0 Å². The van der Waals surface area contributed by atoms with Crippen LogP contribution in [0.2, 0.25) is 0 Å². The summed E-state index contributed by atoms with van der Waals surface area (Å²) in [6.07, 6.45) is 0.987. The Morgan fingerprint density at radius 1 is 0.864 bits per heavy atom. The number of hydrogen-bond acceptors (Lipinski definition) is 1. The molecule has 0 aliphatic carbocycles. The number of aryl methyl sites for hydroxylation is 2. The number of rotatable bonds is 4. The zero-order valence-corrected chi connectivity index (χ0v) is 13.3. The molecule has 0 saturated heterocycles. The summed E-state index contributed by atoms with van der Waals surface area (Å²) in [5, 5.41) is 2.64. The molecule has 3 aromatic rings. The molecule has 0 aliphatic heterocycles. The van der Waals surface area contributed by atoms with Gasteiger partial charge in [0.25, 0.3) is 0 Å². The van der Waals surface area contributed by atoms with E-state index in [0.717, 1.165) is 6.42 Å². The van der Waals surface area contributed by atoms with Crippen LogP contribution in [-0.2, 0) is 6.42 Å². The predicted octanol–water partition coefficient (Wildman–Crippen LogP) is 4.74. The summed E-state index contributed by atoms with van der Waals surface area (Å²) in [6, 6.07) is 21.9. The van der Waals surface area contributed by atoms with Gasteiger partial charge in [-0.15, -0.1) is 0 Å². The maximum atomic E-state index is 6.10. The van der Waals surface area contributed by atoms with E-state index in [1.165, 1.54) is 33.0 Å². The molecule has 2 N–H and O–H groups in total. The van der Waals surface area contributed by atoms with Gasteiger partial charge in [0.05, 0.1) is 0 Å². The van der Waals surface area contributed by atoms with Crippen LogP contribution in [0.15, 0.2) is 60.7 Å². The van der Waals surface area contributed by atoms with Crippen LogP contribution < -0.4 is 5.73 Å². The van der Waals surface area contributed by atoms with Crippen LogP contribution in [0.1, 0.15) is 28.2 Å². The lowest BCUT2D eigenvalue weighted by molar-refractivity contribution is 0.696. The Morgan fingerprint density at radius 3 is 2.27 bits per heavy atom. The van der Waals surface area contributed by atoms with E-state index in [9.17, 15) is 0 Å². The quantitative estimate of drug-likeness (QED) is 0.737. The molecule has 1 heteroatoms. The molecule has 0 radical (unpaired) electrons. The molecule has 0 spiro atoms. The van der Waals surface area contributed by atoms with E-state index in [0.29, 0.717) is 12.5 Å². The van der Waals surface area contributed by atoms with Crippen molar-refractivity contribution >= 4 is 10.8 Å². The normalized spacial score (nSPS) is 12.5. The van der Waals surface area contributed by atoms with Gasteiger partial charge in [-0.2, -0.15) is 0 Å². The number of benzene rings is 3. The SMILES string of the molecule is Cc1cc(C)cc(C(CN)Cc2cccc3ccccc23)c1. The van der Waals surface area contributed by atoms with Crippen molar-refractivity contribution < 1.29 is 0 Å². The average molecular weight is 289 g/mol. The van der Waals surface area contributed by atoms with Crippen molar-refractivity contribution in [3.8, 4) is 0 Å².